The number of thiophene rings is 1. The van der Waals surface area contributed by atoms with Crippen LogP contribution in [0.4, 0.5) is 5.69 Å². The zero-order valence-electron chi connectivity index (χ0n) is 10.7. The summed E-state index contributed by atoms with van der Waals surface area (Å²) in [6.07, 6.45) is 0.477. The quantitative estimate of drug-likeness (QED) is 0.478. The molecule has 0 radical (unpaired) electrons. The summed E-state index contributed by atoms with van der Waals surface area (Å²) in [5.74, 6) is 0. The Hall–Kier alpha value is -1.72. The number of hydrogen-bond donors (Lipinski definition) is 0. The fourth-order valence-corrected chi connectivity index (χ4v) is 3.03. The molecule has 1 atom stereocenters. The zero-order valence-corrected chi connectivity index (χ0v) is 12.3. The van der Waals surface area contributed by atoms with E-state index in [1.165, 1.54) is 12.1 Å². The molecule has 0 bridgehead atoms. The number of nitrogens with zero attached hydrogens (tertiary/aromatic N) is 1. The Kier molecular flexibility index (Phi) is 4.20. The number of carbonyl (C=O) groups is 1. The van der Waals surface area contributed by atoms with Crippen molar-refractivity contribution >= 4 is 33.9 Å². The van der Waals surface area contributed by atoms with Gasteiger partial charge in [-0.25, -0.2) is 0 Å². The maximum Gasteiger partial charge on any atom is 0.269 e. The van der Waals surface area contributed by atoms with Gasteiger partial charge in [0.2, 0.25) is 5.24 Å². The van der Waals surface area contributed by atoms with E-state index in [0.29, 0.717) is 12.0 Å². The lowest BCUT2D eigenvalue weighted by Gasteiger charge is -2.25. The average Bonchev–Trinajstić information content (AvgIpc) is 2.91. The predicted molar refractivity (Wildman–Crippen MR) is 79.3 cm³/mol. The molecule has 2 rings (SSSR count). The first-order valence-corrected chi connectivity index (χ1v) is 7.16. The van der Waals surface area contributed by atoms with Crippen molar-refractivity contribution in [2.45, 2.75) is 18.8 Å². The van der Waals surface area contributed by atoms with Crippen LogP contribution in [0.5, 0.6) is 0 Å². The van der Waals surface area contributed by atoms with Gasteiger partial charge in [-0.1, -0.05) is 18.2 Å². The van der Waals surface area contributed by atoms with Gasteiger partial charge in [-0.2, -0.15) is 0 Å². The third-order valence-electron chi connectivity index (χ3n) is 3.26. The molecule has 0 saturated heterocycles. The largest absolute Gasteiger partial charge is 0.280 e. The lowest BCUT2D eigenvalue weighted by Crippen LogP contribution is -2.31. The predicted octanol–water partition coefficient (Wildman–Crippen LogP) is 3.92. The normalized spacial score (nSPS) is 13.7. The molecule has 2 aromatic rings. The minimum Gasteiger partial charge on any atom is -0.280 e. The first-order chi connectivity index (χ1) is 9.43. The van der Waals surface area contributed by atoms with Crippen LogP contribution in [-0.4, -0.2) is 10.2 Å². The van der Waals surface area contributed by atoms with E-state index in [4.69, 9.17) is 11.6 Å². The number of rotatable bonds is 5. The summed E-state index contributed by atoms with van der Waals surface area (Å²) in [5.41, 5.74) is -0.215. The van der Waals surface area contributed by atoms with Crippen molar-refractivity contribution in [1.29, 1.82) is 0 Å². The minimum atomic E-state index is -0.887. The minimum absolute atomic E-state index is 0.00533. The Balaban J connectivity index is 2.37. The number of nitro benzene ring substituents is 1. The van der Waals surface area contributed by atoms with E-state index in [9.17, 15) is 14.9 Å². The van der Waals surface area contributed by atoms with Crippen LogP contribution in [0.15, 0.2) is 41.8 Å². The second-order valence-corrected chi connectivity index (χ2v) is 6.04. The van der Waals surface area contributed by atoms with Crippen molar-refractivity contribution in [2.75, 3.05) is 0 Å². The smallest absolute Gasteiger partial charge is 0.269 e. The Morgan fingerprint density at radius 3 is 2.45 bits per heavy atom. The van der Waals surface area contributed by atoms with E-state index >= 15 is 0 Å². The van der Waals surface area contributed by atoms with E-state index < -0.39 is 15.6 Å². The Morgan fingerprint density at radius 2 is 2.00 bits per heavy atom. The number of carbonyl (C=O) groups excluding carboxylic acids is 1. The van der Waals surface area contributed by atoms with Crippen LogP contribution in [0.3, 0.4) is 0 Å². The zero-order chi connectivity index (χ0) is 14.8. The molecule has 0 aliphatic carbocycles. The molecule has 1 aromatic carbocycles. The highest BCUT2D eigenvalue weighted by Gasteiger charge is 2.34. The molecule has 6 heteroatoms. The van der Waals surface area contributed by atoms with Gasteiger partial charge in [0.05, 0.1) is 10.3 Å². The lowest BCUT2D eigenvalue weighted by atomic mass is 9.80. The Morgan fingerprint density at radius 1 is 1.35 bits per heavy atom. The summed E-state index contributed by atoms with van der Waals surface area (Å²) in [7, 11) is 0. The number of non-ortho nitro benzene ring substituents is 1. The van der Waals surface area contributed by atoms with Crippen LogP contribution in [0, 0.1) is 10.1 Å². The molecule has 104 valence electrons. The van der Waals surface area contributed by atoms with Crippen molar-refractivity contribution in [3.63, 3.8) is 0 Å². The van der Waals surface area contributed by atoms with Gasteiger partial charge in [-0.05, 0) is 42.0 Å². The van der Waals surface area contributed by atoms with Gasteiger partial charge in [-0.3, -0.25) is 14.9 Å². The first-order valence-electron chi connectivity index (χ1n) is 5.91. The SMILES string of the molecule is CC(Cc1cccs1)(C(=O)Cl)c1ccc([N+](=O)[O-])cc1. The number of benzene rings is 1. The molecule has 0 aliphatic heterocycles. The molecule has 0 aliphatic rings. The summed E-state index contributed by atoms with van der Waals surface area (Å²) < 4.78 is 0. The van der Waals surface area contributed by atoms with Crippen LogP contribution < -0.4 is 0 Å². The molecule has 0 saturated carbocycles. The highest BCUT2D eigenvalue weighted by atomic mass is 35.5. The van der Waals surface area contributed by atoms with Gasteiger partial charge in [-0.15, -0.1) is 11.3 Å². The second kappa shape index (κ2) is 5.73. The van der Waals surface area contributed by atoms with E-state index in [1.807, 2.05) is 17.5 Å². The summed E-state index contributed by atoms with van der Waals surface area (Å²) >= 11 is 7.32. The van der Waals surface area contributed by atoms with Gasteiger partial charge < -0.3 is 0 Å². The highest BCUT2D eigenvalue weighted by molar-refractivity contribution is 7.09. The molecule has 1 heterocycles. The number of hydrogen-bond acceptors (Lipinski definition) is 4. The molecular formula is C14H12ClNO3S. The maximum atomic E-state index is 11.8. The third kappa shape index (κ3) is 2.89. The third-order valence-corrected chi connectivity index (χ3v) is 4.55. The van der Waals surface area contributed by atoms with Crippen molar-refractivity contribution in [1.82, 2.24) is 0 Å². The van der Waals surface area contributed by atoms with Crippen LogP contribution in [0.25, 0.3) is 0 Å². The molecule has 0 spiro atoms. The molecule has 20 heavy (non-hydrogen) atoms. The molecule has 0 N–H and O–H groups in total. The molecule has 0 fully saturated rings. The Bertz CT molecular complexity index is 624. The van der Waals surface area contributed by atoms with Gasteiger partial charge in [0.25, 0.3) is 5.69 Å². The van der Waals surface area contributed by atoms with Gasteiger partial charge >= 0.3 is 0 Å². The van der Waals surface area contributed by atoms with Crippen molar-refractivity contribution in [3.8, 4) is 0 Å². The van der Waals surface area contributed by atoms with Crippen molar-refractivity contribution < 1.29 is 9.72 Å². The number of halogens is 1. The molecule has 1 unspecified atom stereocenters. The molecule has 1 aromatic heterocycles. The molecule has 0 amide bonds. The fraction of sp³-hybridized carbons (Fsp3) is 0.214. The van der Waals surface area contributed by atoms with Crippen LogP contribution >= 0.6 is 22.9 Å². The monoisotopic (exact) mass is 309 g/mol. The Labute approximate surface area is 125 Å². The topological polar surface area (TPSA) is 60.2 Å². The van der Waals surface area contributed by atoms with E-state index in [2.05, 4.69) is 0 Å². The lowest BCUT2D eigenvalue weighted by molar-refractivity contribution is -0.384. The number of nitro groups is 1. The molecule has 4 nitrogen and oxygen atoms in total. The van der Waals surface area contributed by atoms with E-state index in [0.717, 1.165) is 4.88 Å². The van der Waals surface area contributed by atoms with Gasteiger partial charge in [0.15, 0.2) is 0 Å². The van der Waals surface area contributed by atoms with Crippen LogP contribution in [0.2, 0.25) is 0 Å². The van der Waals surface area contributed by atoms with Crippen molar-refractivity contribution in [2.24, 2.45) is 0 Å². The highest BCUT2D eigenvalue weighted by Crippen LogP contribution is 2.33. The standard InChI is InChI=1S/C14H12ClNO3S/c1-14(13(15)17,9-12-3-2-8-20-12)10-4-6-11(7-5-10)16(18)19/h2-8H,9H2,1H3. The first kappa shape index (κ1) is 14.7. The van der Waals surface area contributed by atoms with E-state index in [1.54, 1.807) is 30.4 Å². The summed E-state index contributed by atoms with van der Waals surface area (Å²) in [6.45, 7) is 1.75. The maximum absolute atomic E-state index is 11.8. The van der Waals surface area contributed by atoms with E-state index in [-0.39, 0.29) is 5.69 Å². The van der Waals surface area contributed by atoms with Crippen LogP contribution in [0.1, 0.15) is 17.4 Å². The van der Waals surface area contributed by atoms with Crippen LogP contribution in [-0.2, 0) is 16.6 Å². The average molecular weight is 310 g/mol. The summed E-state index contributed by atoms with van der Waals surface area (Å²) in [5, 5.41) is 12.1. The van der Waals surface area contributed by atoms with Crippen molar-refractivity contribution in [3.05, 3.63) is 62.3 Å². The fourth-order valence-electron chi connectivity index (χ4n) is 2.00. The second-order valence-electron chi connectivity index (χ2n) is 4.67. The summed E-state index contributed by atoms with van der Waals surface area (Å²) in [4.78, 5) is 23.1. The summed E-state index contributed by atoms with van der Waals surface area (Å²) in [6, 6.07) is 9.81. The van der Waals surface area contributed by atoms with Gasteiger partial charge in [0.1, 0.15) is 0 Å². The van der Waals surface area contributed by atoms with Gasteiger partial charge in [0, 0.05) is 17.0 Å². The molecular weight excluding hydrogens is 298 g/mol.